The molecule has 0 unspecified atom stereocenters. The number of likely N-dealkylation sites (tertiary alicyclic amines) is 1. The molecule has 6 heteroatoms. The van der Waals surface area contributed by atoms with Crippen molar-refractivity contribution in [1.82, 2.24) is 4.90 Å². The highest BCUT2D eigenvalue weighted by molar-refractivity contribution is 6.06. The van der Waals surface area contributed by atoms with Crippen LogP contribution >= 0.6 is 0 Å². The van der Waals surface area contributed by atoms with Gasteiger partial charge in [-0.25, -0.2) is 0 Å². The summed E-state index contributed by atoms with van der Waals surface area (Å²) in [4.78, 5) is 28.9. The molecule has 2 fully saturated rings. The summed E-state index contributed by atoms with van der Waals surface area (Å²) >= 11 is 0. The van der Waals surface area contributed by atoms with Gasteiger partial charge in [-0.2, -0.15) is 0 Å². The molecule has 0 aromatic heterocycles. The first-order valence-corrected chi connectivity index (χ1v) is 15.6. The summed E-state index contributed by atoms with van der Waals surface area (Å²) in [5.74, 6) is -1.43. The van der Waals surface area contributed by atoms with Crippen molar-refractivity contribution in [3.8, 4) is 5.75 Å². The third-order valence-corrected chi connectivity index (χ3v) is 9.83. The highest BCUT2D eigenvalue weighted by atomic mass is 16.3. The molecular formula is C35H45NO5. The van der Waals surface area contributed by atoms with Crippen LogP contribution < -0.4 is 0 Å². The first-order chi connectivity index (χ1) is 19.8. The monoisotopic (exact) mass is 559 g/mol. The minimum Gasteiger partial charge on any atom is -0.507 e. The molecule has 2 aromatic carbocycles. The van der Waals surface area contributed by atoms with E-state index in [0.29, 0.717) is 19.3 Å². The van der Waals surface area contributed by atoms with E-state index in [4.69, 9.17) is 0 Å². The third-order valence-electron chi connectivity index (χ3n) is 9.83. The average molecular weight is 560 g/mol. The topological polar surface area (TPSA) is 98.1 Å². The number of phenols is 1. The Balaban J connectivity index is 1.40. The van der Waals surface area contributed by atoms with Gasteiger partial charge < -0.3 is 15.3 Å². The number of carbonyl (C=O) groups excluding carboxylic acids is 2. The maximum atomic E-state index is 13.8. The number of benzene rings is 2. The quantitative estimate of drug-likeness (QED) is 0.245. The molecule has 3 aliphatic rings. The Labute approximate surface area is 243 Å². The van der Waals surface area contributed by atoms with Crippen molar-refractivity contribution in [2.45, 2.75) is 90.7 Å². The summed E-state index contributed by atoms with van der Waals surface area (Å²) < 4.78 is 0. The van der Waals surface area contributed by atoms with Gasteiger partial charge in [0.05, 0.1) is 24.5 Å². The normalized spacial score (nSPS) is 25.0. The Kier molecular flexibility index (Phi) is 9.00. The summed E-state index contributed by atoms with van der Waals surface area (Å²) in [5, 5.41) is 34.4. The van der Waals surface area contributed by atoms with Crippen LogP contribution in [0, 0.1) is 23.7 Å². The molecule has 0 bridgehead atoms. The van der Waals surface area contributed by atoms with Gasteiger partial charge in [0.25, 0.3) is 0 Å². The van der Waals surface area contributed by atoms with Crippen LogP contribution in [0.1, 0.15) is 84.1 Å². The summed E-state index contributed by atoms with van der Waals surface area (Å²) in [7, 11) is 0. The number of phenolic OH excluding ortho intramolecular Hbond substituents is 1. The molecule has 220 valence electrons. The number of fused-ring (bicyclic) bond motifs is 2. The zero-order valence-corrected chi connectivity index (χ0v) is 24.7. The molecule has 3 N–H and O–H groups in total. The van der Waals surface area contributed by atoms with Gasteiger partial charge in [-0.3, -0.25) is 14.5 Å². The molecular weight excluding hydrogens is 514 g/mol. The van der Waals surface area contributed by atoms with Crippen LogP contribution in [0.2, 0.25) is 0 Å². The fourth-order valence-electron chi connectivity index (χ4n) is 7.65. The van der Waals surface area contributed by atoms with Crippen LogP contribution in [0.15, 0.2) is 53.1 Å². The van der Waals surface area contributed by atoms with Gasteiger partial charge in [0.1, 0.15) is 5.75 Å². The van der Waals surface area contributed by atoms with Crippen LogP contribution in [0.5, 0.6) is 5.75 Å². The summed E-state index contributed by atoms with van der Waals surface area (Å²) in [6.07, 6.45) is 8.72. The number of carbonyl (C=O) groups is 2. The van der Waals surface area contributed by atoms with Crippen LogP contribution in [0.4, 0.5) is 0 Å². The molecule has 1 saturated carbocycles. The first kappa shape index (κ1) is 29.5. The molecule has 1 aliphatic heterocycles. The lowest BCUT2D eigenvalue weighted by molar-refractivity contribution is -0.143. The van der Waals surface area contributed by atoms with E-state index < -0.39 is 23.9 Å². The fourth-order valence-corrected chi connectivity index (χ4v) is 7.65. The second-order valence-electron chi connectivity index (χ2n) is 12.5. The molecule has 0 spiro atoms. The Morgan fingerprint density at radius 3 is 2.39 bits per heavy atom. The van der Waals surface area contributed by atoms with Crippen molar-refractivity contribution in [3.05, 3.63) is 58.7 Å². The number of aromatic hydroxyl groups is 1. The van der Waals surface area contributed by atoms with Crippen LogP contribution in [0.25, 0.3) is 16.8 Å². The highest BCUT2D eigenvalue weighted by Gasteiger charge is 2.56. The number of aliphatic hydroxyl groups is 2. The SMILES string of the molecule is CC/C(=C\c1ccc(O)c2ccccc12)CC[C@@H](O)C1=C(C(C)C)C[C@H]2C(=O)N(C3CCCCC3)C(=O)[C@H]2[C@H]1CO. The number of hydrogen-bond acceptors (Lipinski definition) is 5. The number of aliphatic hydroxyl groups excluding tert-OH is 2. The zero-order chi connectivity index (χ0) is 29.3. The van der Waals surface area contributed by atoms with Gasteiger partial charge in [0.2, 0.25) is 11.8 Å². The van der Waals surface area contributed by atoms with Gasteiger partial charge in [0, 0.05) is 17.3 Å². The van der Waals surface area contributed by atoms with Gasteiger partial charge >= 0.3 is 0 Å². The predicted molar refractivity (Wildman–Crippen MR) is 162 cm³/mol. The molecule has 2 aromatic rings. The highest BCUT2D eigenvalue weighted by Crippen LogP contribution is 2.49. The number of rotatable bonds is 9. The van der Waals surface area contributed by atoms with Gasteiger partial charge in [-0.05, 0) is 67.0 Å². The Hall–Kier alpha value is -2.96. The summed E-state index contributed by atoms with van der Waals surface area (Å²) in [6, 6.07) is 11.4. The molecule has 1 heterocycles. The van der Waals surface area contributed by atoms with Crippen molar-refractivity contribution in [2.75, 3.05) is 6.61 Å². The van der Waals surface area contributed by atoms with E-state index in [1.165, 1.54) is 5.57 Å². The molecule has 5 rings (SSSR count). The van der Waals surface area contributed by atoms with Gasteiger partial charge in [0.15, 0.2) is 0 Å². The summed E-state index contributed by atoms with van der Waals surface area (Å²) in [6.45, 7) is 6.00. The minimum absolute atomic E-state index is 0.0298. The Morgan fingerprint density at radius 1 is 1.02 bits per heavy atom. The molecule has 6 nitrogen and oxygen atoms in total. The largest absolute Gasteiger partial charge is 0.507 e. The van der Waals surface area contributed by atoms with Crippen LogP contribution in [-0.4, -0.2) is 50.8 Å². The van der Waals surface area contributed by atoms with Crippen molar-refractivity contribution < 1.29 is 24.9 Å². The number of hydrogen-bond donors (Lipinski definition) is 3. The number of nitrogens with zero attached hydrogens (tertiary/aromatic N) is 1. The van der Waals surface area contributed by atoms with Crippen LogP contribution in [0.3, 0.4) is 0 Å². The standard InChI is InChI=1S/C35H45NO5/c1-4-22(18-23-15-17-30(38)26-13-9-8-12-25(23)26)14-16-31(39)32-27(21(2)3)19-28-33(29(32)20-37)35(41)36(34(28)40)24-10-6-5-7-11-24/h8-9,12-13,15,17-18,21,24,28-29,31,33,37-39H,4-7,10-11,14,16,19-20H2,1-3H3/b22-18+/t28-,29+,31-,33-/m1/s1. The number of amides is 2. The molecule has 1 saturated heterocycles. The van der Waals surface area contributed by atoms with Crippen molar-refractivity contribution in [3.63, 3.8) is 0 Å². The smallest absolute Gasteiger partial charge is 0.234 e. The number of allylic oxidation sites excluding steroid dienone is 2. The van der Waals surface area contributed by atoms with E-state index in [1.807, 2.05) is 30.3 Å². The predicted octanol–water partition coefficient (Wildman–Crippen LogP) is 6.38. The van der Waals surface area contributed by atoms with E-state index in [2.05, 4.69) is 26.8 Å². The van der Waals surface area contributed by atoms with Crippen molar-refractivity contribution >= 4 is 28.7 Å². The van der Waals surface area contributed by atoms with Crippen molar-refractivity contribution in [1.29, 1.82) is 0 Å². The van der Waals surface area contributed by atoms with Gasteiger partial charge in [-0.1, -0.05) is 87.6 Å². The van der Waals surface area contributed by atoms with E-state index >= 15 is 0 Å². The van der Waals surface area contributed by atoms with Crippen LogP contribution in [-0.2, 0) is 9.59 Å². The third kappa shape index (κ3) is 5.61. The minimum atomic E-state index is -0.802. The fraction of sp³-hybridized carbons (Fsp3) is 0.543. The average Bonchev–Trinajstić information content (AvgIpc) is 3.24. The lowest BCUT2D eigenvalue weighted by Gasteiger charge is -2.38. The summed E-state index contributed by atoms with van der Waals surface area (Å²) in [5.41, 5.74) is 4.01. The molecule has 4 atom stereocenters. The lowest BCUT2D eigenvalue weighted by Crippen LogP contribution is -2.42. The van der Waals surface area contributed by atoms with E-state index in [0.717, 1.165) is 66.0 Å². The Bertz CT molecular complexity index is 1350. The molecule has 2 amide bonds. The molecule has 0 radical (unpaired) electrons. The van der Waals surface area contributed by atoms with E-state index in [1.54, 1.807) is 11.0 Å². The maximum Gasteiger partial charge on any atom is 0.234 e. The number of imide groups is 1. The molecule has 2 aliphatic carbocycles. The van der Waals surface area contributed by atoms with E-state index in [-0.39, 0.29) is 36.1 Å². The van der Waals surface area contributed by atoms with Crippen molar-refractivity contribution in [2.24, 2.45) is 23.7 Å². The van der Waals surface area contributed by atoms with Gasteiger partial charge in [-0.15, -0.1) is 0 Å². The second-order valence-corrected chi connectivity index (χ2v) is 12.5. The zero-order valence-electron chi connectivity index (χ0n) is 24.7. The first-order valence-electron chi connectivity index (χ1n) is 15.6. The Morgan fingerprint density at radius 2 is 1.73 bits per heavy atom. The maximum absolute atomic E-state index is 13.8. The molecule has 41 heavy (non-hydrogen) atoms. The van der Waals surface area contributed by atoms with E-state index in [9.17, 15) is 24.9 Å². The second kappa shape index (κ2) is 12.5. The lowest BCUT2D eigenvalue weighted by atomic mass is 9.66.